The molecule has 98 valence electrons. The lowest BCUT2D eigenvalue weighted by Crippen LogP contribution is -2.30. The fourth-order valence-corrected chi connectivity index (χ4v) is 1.57. The van der Waals surface area contributed by atoms with Crippen LogP contribution in [0.15, 0.2) is 18.2 Å². The number of benzene rings is 1. The van der Waals surface area contributed by atoms with E-state index in [2.05, 4.69) is 10.1 Å². The van der Waals surface area contributed by atoms with Gasteiger partial charge in [0.15, 0.2) is 0 Å². The normalized spacial score (nSPS) is 11.7. The van der Waals surface area contributed by atoms with Gasteiger partial charge in [0.05, 0.1) is 12.0 Å². The zero-order valence-electron chi connectivity index (χ0n) is 10.6. The van der Waals surface area contributed by atoms with E-state index in [9.17, 15) is 14.9 Å². The minimum absolute atomic E-state index is 0.0441. The molecule has 0 aliphatic rings. The van der Waals surface area contributed by atoms with Gasteiger partial charge in [0.25, 0.3) is 5.69 Å². The van der Waals surface area contributed by atoms with Crippen molar-refractivity contribution in [1.82, 2.24) is 0 Å². The average Bonchev–Trinajstić information content (AvgIpc) is 2.36. The van der Waals surface area contributed by atoms with E-state index in [-0.39, 0.29) is 5.69 Å². The van der Waals surface area contributed by atoms with Crippen molar-refractivity contribution in [2.75, 3.05) is 12.4 Å². The lowest BCUT2D eigenvalue weighted by molar-refractivity contribution is -0.384. The van der Waals surface area contributed by atoms with E-state index >= 15 is 0 Å². The summed E-state index contributed by atoms with van der Waals surface area (Å²) in [6, 6.07) is 4.22. The number of nitro benzene ring substituents is 1. The average molecular weight is 252 g/mol. The van der Waals surface area contributed by atoms with Crippen molar-refractivity contribution in [2.24, 2.45) is 0 Å². The molecule has 0 radical (unpaired) electrons. The van der Waals surface area contributed by atoms with Gasteiger partial charge in [-0.05, 0) is 25.0 Å². The van der Waals surface area contributed by atoms with Crippen LogP contribution in [0, 0.1) is 17.0 Å². The second-order valence-electron chi connectivity index (χ2n) is 3.91. The Morgan fingerprint density at radius 3 is 2.72 bits per heavy atom. The molecule has 1 rings (SSSR count). The van der Waals surface area contributed by atoms with Crippen molar-refractivity contribution >= 4 is 17.3 Å². The van der Waals surface area contributed by atoms with Gasteiger partial charge in [0, 0.05) is 6.07 Å². The number of esters is 1. The summed E-state index contributed by atoms with van der Waals surface area (Å²) in [5.74, 6) is -0.438. The number of nitrogens with zero attached hydrogens (tertiary/aromatic N) is 1. The molecule has 0 bridgehead atoms. The minimum atomic E-state index is -0.587. The van der Waals surface area contributed by atoms with Gasteiger partial charge in [-0.2, -0.15) is 0 Å². The SMILES string of the molecule is CCC(Nc1ccc(C)cc1[N+](=O)[O-])C(=O)OC. The Labute approximate surface area is 105 Å². The number of nitrogens with one attached hydrogen (secondary N) is 1. The number of anilines is 1. The zero-order chi connectivity index (χ0) is 13.7. The number of rotatable bonds is 5. The molecule has 0 aromatic heterocycles. The predicted molar refractivity (Wildman–Crippen MR) is 67.6 cm³/mol. The maximum absolute atomic E-state index is 11.4. The van der Waals surface area contributed by atoms with Crippen LogP contribution in [0.25, 0.3) is 0 Å². The molecule has 1 N–H and O–H groups in total. The molecule has 1 atom stereocenters. The summed E-state index contributed by atoms with van der Waals surface area (Å²) in [6.45, 7) is 3.57. The van der Waals surface area contributed by atoms with Crippen LogP contribution in [0.5, 0.6) is 0 Å². The van der Waals surface area contributed by atoms with Crippen LogP contribution in [0.2, 0.25) is 0 Å². The third kappa shape index (κ3) is 3.19. The Hall–Kier alpha value is -2.11. The molecule has 1 unspecified atom stereocenters. The first-order valence-electron chi connectivity index (χ1n) is 5.59. The van der Waals surface area contributed by atoms with Crippen LogP contribution in [0.3, 0.4) is 0 Å². The maximum Gasteiger partial charge on any atom is 0.328 e. The highest BCUT2D eigenvalue weighted by Crippen LogP contribution is 2.26. The van der Waals surface area contributed by atoms with E-state index in [1.54, 1.807) is 26.0 Å². The van der Waals surface area contributed by atoms with Crippen LogP contribution in [0.4, 0.5) is 11.4 Å². The summed E-state index contributed by atoms with van der Waals surface area (Å²) < 4.78 is 4.63. The van der Waals surface area contributed by atoms with Crippen molar-refractivity contribution in [3.8, 4) is 0 Å². The zero-order valence-corrected chi connectivity index (χ0v) is 10.6. The molecule has 0 aliphatic carbocycles. The highest BCUT2D eigenvalue weighted by Gasteiger charge is 2.21. The van der Waals surface area contributed by atoms with Crippen molar-refractivity contribution in [2.45, 2.75) is 26.3 Å². The van der Waals surface area contributed by atoms with Crippen LogP contribution >= 0.6 is 0 Å². The van der Waals surface area contributed by atoms with E-state index in [0.717, 1.165) is 5.56 Å². The Balaban J connectivity index is 3.02. The number of nitro groups is 1. The summed E-state index contributed by atoms with van der Waals surface area (Å²) in [5.41, 5.74) is 1.07. The standard InChI is InChI=1S/C12H16N2O4/c1-4-9(12(15)18-3)13-10-6-5-8(2)7-11(10)14(16)17/h5-7,9,13H,4H2,1-3H3. The van der Waals surface area contributed by atoms with E-state index in [4.69, 9.17) is 0 Å². The number of hydrogen-bond donors (Lipinski definition) is 1. The Morgan fingerprint density at radius 2 is 2.22 bits per heavy atom. The second kappa shape index (κ2) is 6.00. The van der Waals surface area contributed by atoms with Gasteiger partial charge < -0.3 is 10.1 Å². The lowest BCUT2D eigenvalue weighted by Gasteiger charge is -2.15. The minimum Gasteiger partial charge on any atom is -0.467 e. The van der Waals surface area contributed by atoms with Crippen LogP contribution in [-0.2, 0) is 9.53 Å². The fraction of sp³-hybridized carbons (Fsp3) is 0.417. The Morgan fingerprint density at radius 1 is 1.56 bits per heavy atom. The molecular weight excluding hydrogens is 236 g/mol. The van der Waals surface area contributed by atoms with Crippen LogP contribution in [-0.4, -0.2) is 24.0 Å². The maximum atomic E-state index is 11.4. The fourth-order valence-electron chi connectivity index (χ4n) is 1.57. The molecule has 0 heterocycles. The summed E-state index contributed by atoms with van der Waals surface area (Å²) in [5, 5.41) is 13.8. The van der Waals surface area contributed by atoms with E-state index in [0.29, 0.717) is 12.1 Å². The summed E-state index contributed by atoms with van der Waals surface area (Å²) in [7, 11) is 1.29. The molecule has 0 saturated carbocycles. The van der Waals surface area contributed by atoms with Gasteiger partial charge in [0.1, 0.15) is 11.7 Å². The number of hydrogen-bond acceptors (Lipinski definition) is 5. The summed E-state index contributed by atoms with van der Waals surface area (Å²) >= 11 is 0. The number of carbonyl (C=O) groups excluding carboxylic acids is 1. The third-order valence-corrected chi connectivity index (χ3v) is 2.57. The molecule has 1 aromatic carbocycles. The van der Waals surface area contributed by atoms with Crippen LogP contribution < -0.4 is 5.32 Å². The smallest absolute Gasteiger partial charge is 0.328 e. The molecule has 1 aromatic rings. The quantitative estimate of drug-likeness (QED) is 0.494. The molecule has 0 aliphatic heterocycles. The third-order valence-electron chi connectivity index (χ3n) is 2.57. The van der Waals surface area contributed by atoms with Crippen LogP contribution in [0.1, 0.15) is 18.9 Å². The molecule has 0 amide bonds. The molecular formula is C12H16N2O4. The first kappa shape index (κ1) is 14.0. The first-order valence-corrected chi connectivity index (χ1v) is 5.59. The van der Waals surface area contributed by atoms with Crippen molar-refractivity contribution in [3.05, 3.63) is 33.9 Å². The summed E-state index contributed by atoms with van der Waals surface area (Å²) in [4.78, 5) is 21.9. The van der Waals surface area contributed by atoms with E-state index in [1.165, 1.54) is 13.2 Å². The largest absolute Gasteiger partial charge is 0.467 e. The highest BCUT2D eigenvalue weighted by molar-refractivity contribution is 5.80. The second-order valence-corrected chi connectivity index (χ2v) is 3.91. The molecule has 6 heteroatoms. The highest BCUT2D eigenvalue weighted by atomic mass is 16.6. The van der Waals surface area contributed by atoms with Gasteiger partial charge >= 0.3 is 5.97 Å². The van der Waals surface area contributed by atoms with Gasteiger partial charge in [-0.15, -0.1) is 0 Å². The van der Waals surface area contributed by atoms with Crippen molar-refractivity contribution in [1.29, 1.82) is 0 Å². The number of methoxy groups -OCH3 is 1. The molecule has 6 nitrogen and oxygen atoms in total. The Bertz CT molecular complexity index is 459. The molecule has 0 fully saturated rings. The summed E-state index contributed by atoms with van der Waals surface area (Å²) in [6.07, 6.45) is 0.484. The Kier molecular flexibility index (Phi) is 4.65. The molecule has 18 heavy (non-hydrogen) atoms. The topological polar surface area (TPSA) is 81.5 Å². The monoisotopic (exact) mass is 252 g/mol. The molecule has 0 saturated heterocycles. The van der Waals surface area contributed by atoms with Crippen molar-refractivity contribution < 1.29 is 14.5 Å². The number of ether oxygens (including phenoxy) is 1. The predicted octanol–water partition coefficient (Wildman–Crippen LogP) is 2.27. The van der Waals surface area contributed by atoms with Crippen molar-refractivity contribution in [3.63, 3.8) is 0 Å². The van der Waals surface area contributed by atoms with Gasteiger partial charge in [0.2, 0.25) is 0 Å². The molecule has 0 spiro atoms. The van der Waals surface area contributed by atoms with E-state index < -0.39 is 16.9 Å². The van der Waals surface area contributed by atoms with E-state index in [1.807, 2.05) is 0 Å². The number of carbonyl (C=O) groups is 1. The van der Waals surface area contributed by atoms with Gasteiger partial charge in [-0.3, -0.25) is 10.1 Å². The first-order chi connectivity index (χ1) is 8.49. The number of aryl methyl sites for hydroxylation is 1. The van der Waals surface area contributed by atoms with Gasteiger partial charge in [-0.1, -0.05) is 13.0 Å². The lowest BCUT2D eigenvalue weighted by atomic mass is 10.1. The van der Waals surface area contributed by atoms with Gasteiger partial charge in [-0.25, -0.2) is 4.79 Å².